The first-order chi connectivity index (χ1) is 15.1. The maximum atomic E-state index is 12.6. The lowest BCUT2D eigenvalue weighted by Gasteiger charge is -2.09. The Hall–Kier alpha value is -3.82. The summed E-state index contributed by atoms with van der Waals surface area (Å²) in [7, 11) is 0. The number of alkyl halides is 3. The summed E-state index contributed by atoms with van der Waals surface area (Å²) in [4.78, 5) is 10.9. The normalized spacial score (nSPS) is 12.1. The van der Waals surface area contributed by atoms with Gasteiger partial charge in [0.25, 0.3) is 0 Å². The van der Waals surface area contributed by atoms with Gasteiger partial charge in [0.1, 0.15) is 12.3 Å². The molecule has 32 heavy (non-hydrogen) atoms. The van der Waals surface area contributed by atoms with E-state index in [0.29, 0.717) is 17.1 Å². The van der Waals surface area contributed by atoms with Crippen LogP contribution in [0.25, 0.3) is 10.9 Å². The summed E-state index contributed by atoms with van der Waals surface area (Å²) >= 11 is 0. The largest absolute Gasteiger partial charge is 0.493 e. The zero-order valence-electron chi connectivity index (χ0n) is 17.1. The Morgan fingerprint density at radius 2 is 1.91 bits per heavy atom. The zero-order valence-corrected chi connectivity index (χ0v) is 17.1. The molecule has 0 bridgehead atoms. The molecule has 0 amide bonds. The van der Waals surface area contributed by atoms with E-state index in [0.717, 1.165) is 23.0 Å². The fourth-order valence-corrected chi connectivity index (χ4v) is 2.95. The highest BCUT2D eigenvalue weighted by Gasteiger charge is 2.29. The van der Waals surface area contributed by atoms with Gasteiger partial charge < -0.3 is 19.8 Å². The van der Waals surface area contributed by atoms with Crippen LogP contribution in [0, 0.1) is 5.41 Å². The maximum absolute atomic E-state index is 12.6. The topological polar surface area (TPSA) is 99.7 Å². The number of hydrazone groups is 1. The third-order valence-corrected chi connectivity index (χ3v) is 4.67. The van der Waals surface area contributed by atoms with E-state index in [1.807, 2.05) is 0 Å². The molecule has 3 N–H and O–H groups in total. The summed E-state index contributed by atoms with van der Waals surface area (Å²) in [6, 6.07) is 11.6. The van der Waals surface area contributed by atoms with Gasteiger partial charge in [-0.25, -0.2) is 0 Å². The molecular formula is C22H21F3N4O3. The number of hydrogen-bond donors (Lipinski definition) is 3. The van der Waals surface area contributed by atoms with Crippen molar-refractivity contribution in [3.63, 3.8) is 0 Å². The first kappa shape index (κ1) is 22.9. The van der Waals surface area contributed by atoms with Gasteiger partial charge in [-0.05, 0) is 55.5 Å². The fourth-order valence-electron chi connectivity index (χ4n) is 2.95. The lowest BCUT2D eigenvalue weighted by Crippen LogP contribution is -2.15. The summed E-state index contributed by atoms with van der Waals surface area (Å²) in [6.45, 7) is 1.73. The maximum Gasteiger partial charge on any atom is 0.416 e. The van der Waals surface area contributed by atoms with Gasteiger partial charge >= 0.3 is 12.1 Å². The summed E-state index contributed by atoms with van der Waals surface area (Å²) in [6.07, 6.45) is -2.42. The van der Waals surface area contributed by atoms with Crippen LogP contribution < -0.4 is 10.2 Å². The minimum Gasteiger partial charge on any atom is -0.493 e. The van der Waals surface area contributed by atoms with Crippen molar-refractivity contribution < 1.29 is 27.8 Å². The van der Waals surface area contributed by atoms with Gasteiger partial charge in [-0.1, -0.05) is 0 Å². The summed E-state index contributed by atoms with van der Waals surface area (Å²) in [5.41, 5.74) is 3.66. The van der Waals surface area contributed by atoms with Crippen LogP contribution in [-0.2, 0) is 17.5 Å². The van der Waals surface area contributed by atoms with Crippen LogP contribution in [0.4, 0.5) is 18.9 Å². The number of aliphatic carboxylic acids is 1. The van der Waals surface area contributed by atoms with E-state index in [1.54, 1.807) is 42.0 Å². The summed E-state index contributed by atoms with van der Waals surface area (Å²) in [5.74, 6) is -0.331. The molecule has 0 saturated carbocycles. The van der Waals surface area contributed by atoms with Crippen molar-refractivity contribution in [3.8, 4) is 5.75 Å². The Kier molecular flexibility index (Phi) is 6.82. The van der Waals surface area contributed by atoms with Crippen molar-refractivity contribution in [2.75, 3.05) is 12.0 Å². The molecule has 3 aromatic rings. The molecule has 0 unspecified atom stereocenters. The molecule has 1 aromatic heterocycles. The van der Waals surface area contributed by atoms with Gasteiger partial charge in [-0.3, -0.25) is 10.2 Å². The summed E-state index contributed by atoms with van der Waals surface area (Å²) < 4.78 is 45.1. The molecule has 0 spiro atoms. The van der Waals surface area contributed by atoms with Gasteiger partial charge in [0.05, 0.1) is 29.3 Å². The number of halogens is 3. The van der Waals surface area contributed by atoms with Gasteiger partial charge in [-0.15, -0.1) is 0 Å². The SMILES string of the molecule is C/C(=N/Nc1ccc(C(F)(F)F)cc1)C(=N)CCOc1ccc2c(ccn2CC(=O)O)c1. The van der Waals surface area contributed by atoms with Gasteiger partial charge in [0, 0.05) is 23.5 Å². The van der Waals surface area contributed by atoms with E-state index >= 15 is 0 Å². The molecule has 168 valence electrons. The monoisotopic (exact) mass is 446 g/mol. The Balaban J connectivity index is 1.51. The number of nitrogens with one attached hydrogen (secondary N) is 2. The first-order valence-electron chi connectivity index (χ1n) is 9.62. The van der Waals surface area contributed by atoms with Crippen molar-refractivity contribution in [3.05, 3.63) is 60.3 Å². The zero-order chi connectivity index (χ0) is 23.3. The quantitative estimate of drug-likeness (QED) is 0.317. The van der Waals surface area contributed by atoms with E-state index < -0.39 is 17.7 Å². The van der Waals surface area contributed by atoms with Crippen LogP contribution in [0.5, 0.6) is 5.75 Å². The number of hydrogen-bond acceptors (Lipinski definition) is 5. The molecular weight excluding hydrogens is 425 g/mol. The average molecular weight is 446 g/mol. The van der Waals surface area contributed by atoms with Gasteiger partial charge in [0.2, 0.25) is 0 Å². The van der Waals surface area contributed by atoms with Crippen LogP contribution in [0.1, 0.15) is 18.9 Å². The number of anilines is 1. The first-order valence-corrected chi connectivity index (χ1v) is 9.62. The Morgan fingerprint density at radius 1 is 1.19 bits per heavy atom. The predicted octanol–water partition coefficient (Wildman–Crippen LogP) is 5.02. The minimum absolute atomic E-state index is 0.125. The van der Waals surface area contributed by atoms with E-state index in [4.69, 9.17) is 15.3 Å². The molecule has 0 fully saturated rings. The van der Waals surface area contributed by atoms with E-state index in [9.17, 15) is 18.0 Å². The number of rotatable bonds is 9. The van der Waals surface area contributed by atoms with Crippen molar-refractivity contribution in [1.82, 2.24) is 4.57 Å². The van der Waals surface area contributed by atoms with Crippen LogP contribution in [-0.4, -0.2) is 33.7 Å². The number of fused-ring (bicyclic) bond motifs is 1. The average Bonchev–Trinajstić information content (AvgIpc) is 3.13. The number of benzene rings is 2. The third kappa shape index (κ3) is 5.87. The number of carbonyl (C=O) groups is 1. The predicted molar refractivity (Wildman–Crippen MR) is 116 cm³/mol. The van der Waals surface area contributed by atoms with Gasteiger partial charge in [0.15, 0.2) is 0 Å². The van der Waals surface area contributed by atoms with Crippen molar-refractivity contribution in [2.24, 2.45) is 5.10 Å². The van der Waals surface area contributed by atoms with E-state index in [2.05, 4.69) is 10.5 Å². The lowest BCUT2D eigenvalue weighted by atomic mass is 10.2. The summed E-state index contributed by atoms with van der Waals surface area (Å²) in [5, 5.41) is 21.9. The van der Waals surface area contributed by atoms with Crippen LogP contribution in [0.15, 0.2) is 59.8 Å². The van der Waals surface area contributed by atoms with Crippen LogP contribution in [0.2, 0.25) is 0 Å². The molecule has 0 aliphatic rings. The Labute approximate surface area is 181 Å². The number of nitrogens with zero attached hydrogens (tertiary/aromatic N) is 2. The molecule has 10 heteroatoms. The molecule has 0 radical (unpaired) electrons. The molecule has 0 saturated heterocycles. The molecule has 0 atom stereocenters. The van der Waals surface area contributed by atoms with Crippen LogP contribution in [0.3, 0.4) is 0 Å². The fraction of sp³-hybridized carbons (Fsp3) is 0.227. The van der Waals surface area contributed by atoms with E-state index in [-0.39, 0.29) is 25.3 Å². The second-order valence-electron chi connectivity index (χ2n) is 7.02. The molecule has 3 rings (SSSR count). The standard InChI is InChI=1S/C22H21F3N4O3/c1-14(27-28-17-4-2-16(3-5-17)22(23,24)25)19(26)9-11-32-18-6-7-20-15(12-18)8-10-29(20)13-21(30)31/h2-8,10,12,26,28H,9,11,13H2,1H3,(H,30,31)/b26-19?,27-14-. The van der Waals surface area contributed by atoms with Gasteiger partial charge in [-0.2, -0.15) is 18.3 Å². The highest BCUT2D eigenvalue weighted by atomic mass is 19.4. The van der Waals surface area contributed by atoms with E-state index in [1.165, 1.54) is 12.1 Å². The molecule has 1 heterocycles. The smallest absolute Gasteiger partial charge is 0.416 e. The molecule has 0 aliphatic carbocycles. The van der Waals surface area contributed by atoms with Crippen molar-refractivity contribution in [1.29, 1.82) is 5.41 Å². The molecule has 0 aliphatic heterocycles. The van der Waals surface area contributed by atoms with Crippen molar-refractivity contribution in [2.45, 2.75) is 26.1 Å². The third-order valence-electron chi connectivity index (χ3n) is 4.67. The lowest BCUT2D eigenvalue weighted by molar-refractivity contribution is -0.138. The number of ether oxygens (including phenoxy) is 1. The van der Waals surface area contributed by atoms with Crippen LogP contribution >= 0.6 is 0 Å². The Morgan fingerprint density at radius 3 is 2.56 bits per heavy atom. The highest BCUT2D eigenvalue weighted by Crippen LogP contribution is 2.29. The number of aromatic nitrogens is 1. The minimum atomic E-state index is -4.40. The number of carboxylic acids is 1. The number of carboxylic acid groups (broad SMARTS) is 1. The second-order valence-corrected chi connectivity index (χ2v) is 7.02. The second kappa shape index (κ2) is 9.54. The molecule has 2 aromatic carbocycles. The highest BCUT2D eigenvalue weighted by molar-refractivity contribution is 6.40. The molecule has 7 nitrogen and oxygen atoms in total. The Bertz CT molecular complexity index is 1150. The van der Waals surface area contributed by atoms with Crippen molar-refractivity contribution >= 4 is 34.0 Å².